The van der Waals surface area contributed by atoms with Crippen LogP contribution >= 0.6 is 0 Å². The highest BCUT2D eigenvalue weighted by atomic mass is 15.3. The Morgan fingerprint density at radius 1 is 1.44 bits per heavy atom. The summed E-state index contributed by atoms with van der Waals surface area (Å²) >= 11 is 0. The van der Waals surface area contributed by atoms with Crippen LogP contribution in [0.25, 0.3) is 0 Å². The van der Waals surface area contributed by atoms with Crippen molar-refractivity contribution in [3.63, 3.8) is 0 Å². The van der Waals surface area contributed by atoms with E-state index in [4.69, 9.17) is 0 Å². The second kappa shape index (κ2) is 6.76. The monoisotopic (exact) mass is 224 g/mol. The summed E-state index contributed by atoms with van der Waals surface area (Å²) in [5.41, 5.74) is 1.13. The number of piperazine rings is 1. The number of hydrogen-bond donors (Lipinski definition) is 0. The van der Waals surface area contributed by atoms with Crippen LogP contribution in [0.2, 0.25) is 0 Å². The van der Waals surface area contributed by atoms with Crippen molar-refractivity contribution < 1.29 is 0 Å². The van der Waals surface area contributed by atoms with Gasteiger partial charge in [-0.05, 0) is 27.3 Å². The van der Waals surface area contributed by atoms with Gasteiger partial charge < -0.3 is 4.90 Å². The zero-order chi connectivity index (χ0) is 12.0. The van der Waals surface area contributed by atoms with Gasteiger partial charge in [0.25, 0.3) is 0 Å². The van der Waals surface area contributed by atoms with Gasteiger partial charge in [0, 0.05) is 31.4 Å². The Balaban J connectivity index is 2.28. The number of likely N-dealkylation sites (N-methyl/N-ethyl adjacent to an activating group) is 1. The van der Waals surface area contributed by atoms with Crippen LogP contribution < -0.4 is 0 Å². The molecule has 1 atom stereocenters. The van der Waals surface area contributed by atoms with Crippen molar-refractivity contribution in [2.24, 2.45) is 9.98 Å². The van der Waals surface area contributed by atoms with Gasteiger partial charge in [0.15, 0.2) is 0 Å². The smallest absolute Gasteiger partial charge is 0.111 e. The van der Waals surface area contributed by atoms with Gasteiger partial charge in [-0.1, -0.05) is 6.92 Å². The maximum absolute atomic E-state index is 4.34. The van der Waals surface area contributed by atoms with Crippen LogP contribution in [0.3, 0.4) is 0 Å². The Morgan fingerprint density at radius 2 is 2.19 bits per heavy atom. The predicted molar refractivity (Wildman–Crippen MR) is 70.4 cm³/mol. The minimum atomic E-state index is 0.629. The number of nitrogens with zero attached hydrogens (tertiary/aromatic N) is 4. The van der Waals surface area contributed by atoms with Crippen LogP contribution in [-0.4, -0.2) is 61.2 Å². The van der Waals surface area contributed by atoms with Crippen molar-refractivity contribution in [2.75, 3.05) is 33.4 Å². The number of rotatable bonds is 4. The van der Waals surface area contributed by atoms with Crippen LogP contribution in [-0.2, 0) is 0 Å². The fourth-order valence-corrected chi connectivity index (χ4v) is 1.63. The summed E-state index contributed by atoms with van der Waals surface area (Å²) in [6.45, 7) is 10.5. The zero-order valence-corrected chi connectivity index (χ0v) is 11.0. The van der Waals surface area contributed by atoms with Gasteiger partial charge in [0.1, 0.15) is 6.34 Å². The van der Waals surface area contributed by atoms with Gasteiger partial charge in [-0.2, -0.15) is 0 Å². The normalized spacial score (nSPS) is 25.5. The van der Waals surface area contributed by atoms with E-state index in [2.05, 4.69) is 40.7 Å². The fourth-order valence-electron chi connectivity index (χ4n) is 1.63. The number of hydrogen-bond acceptors (Lipinski definition) is 3. The molecule has 0 aromatic carbocycles. The molecule has 0 aromatic rings. The van der Waals surface area contributed by atoms with E-state index in [9.17, 15) is 0 Å². The second-order valence-electron chi connectivity index (χ2n) is 4.56. The first kappa shape index (κ1) is 13.3. The van der Waals surface area contributed by atoms with E-state index in [0.29, 0.717) is 6.04 Å². The van der Waals surface area contributed by atoms with Crippen molar-refractivity contribution in [3.05, 3.63) is 0 Å². The molecule has 0 unspecified atom stereocenters. The average Bonchev–Trinajstić information content (AvgIpc) is 2.28. The molecule has 16 heavy (non-hydrogen) atoms. The molecule has 0 spiro atoms. The molecular weight excluding hydrogens is 200 g/mol. The van der Waals surface area contributed by atoms with Crippen molar-refractivity contribution >= 4 is 12.1 Å². The first-order chi connectivity index (χ1) is 7.63. The molecule has 92 valence electrons. The molecular formula is C12H24N4. The summed E-state index contributed by atoms with van der Waals surface area (Å²) in [7, 11) is 2.18. The van der Waals surface area contributed by atoms with Crippen molar-refractivity contribution in [2.45, 2.75) is 33.2 Å². The van der Waals surface area contributed by atoms with Crippen LogP contribution in [0, 0.1) is 0 Å². The summed E-state index contributed by atoms with van der Waals surface area (Å²) in [5.74, 6) is 0. The highest BCUT2D eigenvalue weighted by Gasteiger charge is 2.19. The van der Waals surface area contributed by atoms with E-state index >= 15 is 0 Å². The third-order valence-electron chi connectivity index (χ3n) is 3.20. The highest BCUT2D eigenvalue weighted by Crippen LogP contribution is 2.06. The zero-order valence-electron chi connectivity index (χ0n) is 11.0. The van der Waals surface area contributed by atoms with Crippen molar-refractivity contribution in [1.82, 2.24) is 9.80 Å². The highest BCUT2D eigenvalue weighted by molar-refractivity contribution is 5.88. The summed E-state index contributed by atoms with van der Waals surface area (Å²) in [5, 5.41) is 0. The van der Waals surface area contributed by atoms with Crippen LogP contribution in [0.1, 0.15) is 27.2 Å². The Bertz CT molecular complexity index is 260. The largest absolute Gasteiger partial charge is 0.301 e. The third-order valence-corrected chi connectivity index (χ3v) is 3.20. The molecule has 0 radical (unpaired) electrons. The standard InChI is InChI=1S/C12H24N4/c1-5-11(2)14-9-13-10-16-7-6-15(4)12(3)8-16/h9,12H,5-8,10H2,1-4H3/b13-9-,14-11-/t12-/m1/s1. The minimum Gasteiger partial charge on any atom is -0.301 e. The number of aliphatic imine (C=N–C) groups is 2. The van der Waals surface area contributed by atoms with E-state index in [0.717, 1.165) is 38.4 Å². The first-order valence-electron chi connectivity index (χ1n) is 6.07. The average molecular weight is 224 g/mol. The molecule has 4 nitrogen and oxygen atoms in total. The second-order valence-corrected chi connectivity index (χ2v) is 4.56. The molecule has 0 saturated carbocycles. The maximum atomic E-state index is 4.34. The van der Waals surface area contributed by atoms with Crippen LogP contribution in [0.4, 0.5) is 0 Å². The maximum Gasteiger partial charge on any atom is 0.111 e. The first-order valence-corrected chi connectivity index (χ1v) is 6.07. The molecule has 4 heteroatoms. The molecule has 1 rings (SSSR count). The molecule has 0 aromatic heterocycles. The SMILES string of the molecule is CC/C(C)=N\C=N/CN1CCN(C)[C@H](C)C1. The molecule has 0 bridgehead atoms. The van der Waals surface area contributed by atoms with E-state index in [1.807, 2.05) is 6.92 Å². The Morgan fingerprint density at radius 3 is 2.81 bits per heavy atom. The van der Waals surface area contributed by atoms with Gasteiger partial charge in [0.05, 0.1) is 6.67 Å². The predicted octanol–water partition coefficient (Wildman–Crippen LogP) is 1.48. The van der Waals surface area contributed by atoms with Gasteiger partial charge in [-0.15, -0.1) is 0 Å². The summed E-state index contributed by atoms with van der Waals surface area (Å²) in [6.07, 6.45) is 2.69. The lowest BCUT2D eigenvalue weighted by Gasteiger charge is -2.36. The Labute approximate surface area is 99.1 Å². The topological polar surface area (TPSA) is 31.2 Å². The van der Waals surface area contributed by atoms with E-state index in [-0.39, 0.29) is 0 Å². The van der Waals surface area contributed by atoms with Crippen LogP contribution in [0.5, 0.6) is 0 Å². The lowest BCUT2D eigenvalue weighted by molar-refractivity contribution is 0.108. The van der Waals surface area contributed by atoms with E-state index in [1.165, 1.54) is 0 Å². The van der Waals surface area contributed by atoms with Gasteiger partial charge in [-0.25, -0.2) is 4.99 Å². The molecule has 1 saturated heterocycles. The molecule has 1 aliphatic rings. The van der Waals surface area contributed by atoms with E-state index in [1.54, 1.807) is 6.34 Å². The quantitative estimate of drug-likeness (QED) is 0.535. The molecule has 1 heterocycles. The van der Waals surface area contributed by atoms with Gasteiger partial charge in [0.2, 0.25) is 0 Å². The summed E-state index contributed by atoms with van der Waals surface area (Å²) < 4.78 is 0. The molecule has 1 fully saturated rings. The van der Waals surface area contributed by atoms with Gasteiger partial charge >= 0.3 is 0 Å². The Hall–Kier alpha value is -0.740. The summed E-state index contributed by atoms with van der Waals surface area (Å²) in [6, 6.07) is 0.629. The molecule has 0 aliphatic carbocycles. The lowest BCUT2D eigenvalue weighted by atomic mass is 10.2. The third kappa shape index (κ3) is 4.41. The van der Waals surface area contributed by atoms with Gasteiger partial charge in [-0.3, -0.25) is 9.89 Å². The van der Waals surface area contributed by atoms with Crippen LogP contribution in [0.15, 0.2) is 9.98 Å². The summed E-state index contributed by atoms with van der Waals surface area (Å²) in [4.78, 5) is 13.3. The fraction of sp³-hybridized carbons (Fsp3) is 0.833. The molecule has 0 N–H and O–H groups in total. The Kier molecular flexibility index (Phi) is 5.63. The molecule has 0 amide bonds. The minimum absolute atomic E-state index is 0.629. The molecule has 1 aliphatic heterocycles. The van der Waals surface area contributed by atoms with Crippen molar-refractivity contribution in [3.8, 4) is 0 Å². The lowest BCUT2D eigenvalue weighted by Crippen LogP contribution is -2.49. The van der Waals surface area contributed by atoms with E-state index < -0.39 is 0 Å². The van der Waals surface area contributed by atoms with Crippen molar-refractivity contribution in [1.29, 1.82) is 0 Å².